The smallest absolute Gasteiger partial charge is 0.341 e. The molecule has 6 nitrogen and oxygen atoms in total. The molecule has 0 aliphatic heterocycles. The zero-order chi connectivity index (χ0) is 11.5. The number of nitrogens with zero attached hydrogens (tertiary/aromatic N) is 4. The highest BCUT2D eigenvalue weighted by molar-refractivity contribution is 7.10. The van der Waals surface area contributed by atoms with E-state index in [1.807, 2.05) is 0 Å². The Morgan fingerprint density at radius 2 is 2.50 bits per heavy atom. The summed E-state index contributed by atoms with van der Waals surface area (Å²) in [6.45, 7) is 0.0169. The van der Waals surface area contributed by atoms with Crippen LogP contribution in [-0.4, -0.2) is 25.3 Å². The molecule has 8 heteroatoms. The maximum atomic E-state index is 11.5. The number of aryl methyl sites for hydroxylation is 1. The van der Waals surface area contributed by atoms with Crippen molar-refractivity contribution in [3.63, 3.8) is 0 Å². The Kier molecular flexibility index (Phi) is 3.16. The van der Waals surface area contributed by atoms with Crippen LogP contribution in [0.1, 0.15) is 16.1 Å². The fourth-order valence-electron chi connectivity index (χ4n) is 1.03. The average Bonchev–Trinajstić information content (AvgIpc) is 2.84. The van der Waals surface area contributed by atoms with E-state index in [9.17, 15) is 4.79 Å². The van der Waals surface area contributed by atoms with Crippen molar-refractivity contribution in [1.29, 1.82) is 0 Å². The fraction of sp³-hybridized carbons (Fsp3) is 0.250. The van der Waals surface area contributed by atoms with Gasteiger partial charge in [0.2, 0.25) is 0 Å². The fourth-order valence-corrected chi connectivity index (χ4v) is 1.63. The van der Waals surface area contributed by atoms with Crippen LogP contribution in [-0.2, 0) is 18.4 Å². The van der Waals surface area contributed by atoms with Crippen molar-refractivity contribution < 1.29 is 9.53 Å². The molecule has 0 aromatic carbocycles. The number of hydrogen-bond donors (Lipinski definition) is 0. The van der Waals surface area contributed by atoms with Crippen LogP contribution in [0.5, 0.6) is 0 Å². The summed E-state index contributed by atoms with van der Waals surface area (Å²) in [6.07, 6.45) is 3.01. The van der Waals surface area contributed by atoms with Crippen molar-refractivity contribution in [2.24, 2.45) is 7.05 Å². The Balaban J connectivity index is 1.96. The van der Waals surface area contributed by atoms with Crippen LogP contribution in [0.4, 0.5) is 0 Å². The summed E-state index contributed by atoms with van der Waals surface area (Å²) in [5.74, 6) is -0.461. The number of halogens is 1. The molecule has 0 radical (unpaired) electrons. The maximum Gasteiger partial charge on any atom is 0.341 e. The molecule has 84 valence electrons. The lowest BCUT2D eigenvalue weighted by Crippen LogP contribution is -2.04. The molecular formula is C8H7ClN4O2S. The van der Waals surface area contributed by atoms with Crippen LogP contribution in [0.25, 0.3) is 0 Å². The minimum Gasteiger partial charge on any atom is -0.455 e. The van der Waals surface area contributed by atoms with Crippen LogP contribution in [0.15, 0.2) is 12.4 Å². The molecule has 0 saturated heterocycles. The summed E-state index contributed by atoms with van der Waals surface area (Å²) in [5.41, 5.74) is 0.853. The zero-order valence-corrected chi connectivity index (χ0v) is 9.83. The lowest BCUT2D eigenvalue weighted by molar-refractivity contribution is 0.0468. The molecule has 0 fully saturated rings. The first-order chi connectivity index (χ1) is 7.66. The van der Waals surface area contributed by atoms with Crippen LogP contribution in [0.3, 0.4) is 0 Å². The summed E-state index contributed by atoms with van der Waals surface area (Å²) >= 11 is 6.81. The third-order valence-corrected chi connectivity index (χ3v) is 2.77. The number of aromatic nitrogens is 4. The van der Waals surface area contributed by atoms with Gasteiger partial charge >= 0.3 is 5.97 Å². The number of carbonyl (C=O) groups excluding carboxylic acids is 1. The third-order valence-electron chi connectivity index (χ3n) is 1.79. The molecule has 2 aromatic heterocycles. The molecule has 0 unspecified atom stereocenters. The second-order valence-corrected chi connectivity index (χ2v) is 4.33. The summed E-state index contributed by atoms with van der Waals surface area (Å²) in [7, 11) is 1.72. The monoisotopic (exact) mass is 258 g/mol. The van der Waals surface area contributed by atoms with E-state index in [0.29, 0.717) is 15.6 Å². The van der Waals surface area contributed by atoms with Gasteiger partial charge in [0.25, 0.3) is 0 Å². The number of rotatable bonds is 3. The van der Waals surface area contributed by atoms with Crippen LogP contribution < -0.4 is 0 Å². The number of hydrogen-bond acceptors (Lipinski definition) is 6. The van der Waals surface area contributed by atoms with Gasteiger partial charge in [0.15, 0.2) is 0 Å². The van der Waals surface area contributed by atoms with Gasteiger partial charge in [-0.1, -0.05) is 16.1 Å². The Labute approximate surface area is 100.0 Å². The predicted molar refractivity (Wildman–Crippen MR) is 57.2 cm³/mol. The summed E-state index contributed by atoms with van der Waals surface area (Å²) in [5, 5.41) is 7.59. The zero-order valence-electron chi connectivity index (χ0n) is 8.25. The first kappa shape index (κ1) is 11.0. The molecule has 16 heavy (non-hydrogen) atoms. The molecule has 0 aliphatic carbocycles. The minimum atomic E-state index is -0.461. The van der Waals surface area contributed by atoms with E-state index in [0.717, 1.165) is 11.5 Å². The second-order valence-electron chi connectivity index (χ2n) is 2.97. The highest BCUT2D eigenvalue weighted by atomic mass is 35.5. The molecule has 0 saturated carbocycles. The van der Waals surface area contributed by atoms with E-state index < -0.39 is 5.97 Å². The highest BCUT2D eigenvalue weighted by Gasteiger charge is 2.12. The van der Waals surface area contributed by atoms with Gasteiger partial charge in [0.1, 0.15) is 16.6 Å². The van der Waals surface area contributed by atoms with Gasteiger partial charge in [-0.15, -0.1) is 5.10 Å². The van der Waals surface area contributed by atoms with Gasteiger partial charge in [0, 0.05) is 24.8 Å². The summed E-state index contributed by atoms with van der Waals surface area (Å²) in [6, 6.07) is 0. The molecule has 0 bridgehead atoms. The van der Waals surface area contributed by atoms with Crippen molar-refractivity contribution >= 4 is 29.1 Å². The lowest BCUT2D eigenvalue weighted by Gasteiger charge is -1.99. The van der Waals surface area contributed by atoms with Gasteiger partial charge in [-0.3, -0.25) is 4.68 Å². The first-order valence-electron chi connectivity index (χ1n) is 4.29. The number of esters is 1. The van der Waals surface area contributed by atoms with Crippen molar-refractivity contribution in [1.82, 2.24) is 19.4 Å². The molecular weight excluding hydrogens is 252 g/mol. The van der Waals surface area contributed by atoms with Crippen LogP contribution >= 0.6 is 23.1 Å². The molecule has 2 aromatic rings. The topological polar surface area (TPSA) is 69.9 Å². The van der Waals surface area contributed by atoms with Gasteiger partial charge < -0.3 is 4.74 Å². The summed E-state index contributed by atoms with van der Waals surface area (Å²) < 4.78 is 10.6. The van der Waals surface area contributed by atoms with Gasteiger partial charge in [-0.05, 0) is 0 Å². The largest absolute Gasteiger partial charge is 0.455 e. The Hall–Kier alpha value is -1.47. The Morgan fingerprint density at radius 1 is 1.69 bits per heavy atom. The SMILES string of the molecule is Cn1cc(C(=O)OCc2nnsc2Cl)cn1. The normalized spacial score (nSPS) is 10.4. The quantitative estimate of drug-likeness (QED) is 0.776. The number of carbonyl (C=O) groups is 1. The van der Waals surface area contributed by atoms with E-state index in [1.165, 1.54) is 10.9 Å². The van der Waals surface area contributed by atoms with Gasteiger partial charge in [0.05, 0.1) is 11.8 Å². The molecule has 0 amide bonds. The van der Waals surface area contributed by atoms with Crippen molar-refractivity contribution in [3.8, 4) is 0 Å². The molecule has 0 aliphatic rings. The predicted octanol–water partition coefficient (Wildman–Crippen LogP) is 1.28. The maximum absolute atomic E-state index is 11.5. The first-order valence-corrected chi connectivity index (χ1v) is 5.44. The van der Waals surface area contributed by atoms with E-state index >= 15 is 0 Å². The van der Waals surface area contributed by atoms with E-state index in [-0.39, 0.29) is 6.61 Å². The van der Waals surface area contributed by atoms with Crippen molar-refractivity contribution in [2.75, 3.05) is 0 Å². The number of ether oxygens (including phenoxy) is 1. The van der Waals surface area contributed by atoms with E-state index in [1.54, 1.807) is 13.2 Å². The average molecular weight is 259 g/mol. The lowest BCUT2D eigenvalue weighted by atomic mass is 10.4. The van der Waals surface area contributed by atoms with Gasteiger partial charge in [-0.2, -0.15) is 5.10 Å². The van der Waals surface area contributed by atoms with Crippen LogP contribution in [0.2, 0.25) is 4.34 Å². The van der Waals surface area contributed by atoms with Crippen molar-refractivity contribution in [2.45, 2.75) is 6.61 Å². The van der Waals surface area contributed by atoms with E-state index in [4.69, 9.17) is 16.3 Å². The van der Waals surface area contributed by atoms with E-state index in [2.05, 4.69) is 14.7 Å². The van der Waals surface area contributed by atoms with Crippen molar-refractivity contribution in [3.05, 3.63) is 28.0 Å². The second kappa shape index (κ2) is 4.58. The van der Waals surface area contributed by atoms with Gasteiger partial charge in [-0.25, -0.2) is 4.79 Å². The molecule has 0 spiro atoms. The summed E-state index contributed by atoms with van der Waals surface area (Å²) in [4.78, 5) is 11.5. The highest BCUT2D eigenvalue weighted by Crippen LogP contribution is 2.18. The standard InChI is InChI=1S/C8H7ClN4O2S/c1-13-3-5(2-10-13)8(14)15-4-6-7(9)16-12-11-6/h2-3H,4H2,1H3. The molecule has 0 atom stereocenters. The molecule has 2 rings (SSSR count). The Bertz CT molecular complexity index is 510. The third kappa shape index (κ3) is 2.37. The van der Waals surface area contributed by atoms with Crippen LogP contribution in [0, 0.1) is 0 Å². The Morgan fingerprint density at radius 3 is 3.06 bits per heavy atom. The molecule has 2 heterocycles. The molecule has 0 N–H and O–H groups in total. The minimum absolute atomic E-state index is 0.0169.